The third-order valence-corrected chi connectivity index (χ3v) is 4.62. The van der Waals surface area contributed by atoms with E-state index < -0.39 is 0 Å². The number of pyridine rings is 1. The second-order valence-electron chi connectivity index (χ2n) is 6.62. The summed E-state index contributed by atoms with van der Waals surface area (Å²) in [5.74, 6) is 0.348. The van der Waals surface area contributed by atoms with Crippen LogP contribution in [0.2, 0.25) is 0 Å². The molecule has 2 aromatic carbocycles. The molecule has 0 aliphatic carbocycles. The summed E-state index contributed by atoms with van der Waals surface area (Å²) < 4.78 is 15.3. The Labute approximate surface area is 157 Å². The Balaban J connectivity index is 1.93. The van der Waals surface area contributed by atoms with Crippen LogP contribution < -0.4 is 0 Å². The van der Waals surface area contributed by atoms with Crippen LogP contribution in [0.1, 0.15) is 16.7 Å². The van der Waals surface area contributed by atoms with E-state index in [9.17, 15) is 4.39 Å². The SMILES string of the molecule is Cc1cccc(C)c1N=Nc1c(-c2ccc(F)cc2)nc2c(C)cccn12. The molecule has 0 saturated heterocycles. The molecule has 134 valence electrons. The zero-order valence-corrected chi connectivity index (χ0v) is 15.4. The molecule has 2 heterocycles. The fraction of sp³-hybridized carbons (Fsp3) is 0.136. The molecule has 0 aliphatic heterocycles. The molecule has 0 amide bonds. The number of nitrogens with zero attached hydrogens (tertiary/aromatic N) is 4. The van der Waals surface area contributed by atoms with Crippen LogP contribution in [0, 0.1) is 26.6 Å². The predicted molar refractivity (Wildman–Crippen MR) is 105 cm³/mol. The van der Waals surface area contributed by atoms with Gasteiger partial charge in [-0.15, -0.1) is 10.2 Å². The van der Waals surface area contributed by atoms with Gasteiger partial charge >= 0.3 is 0 Å². The fourth-order valence-electron chi connectivity index (χ4n) is 3.15. The summed E-state index contributed by atoms with van der Waals surface area (Å²) in [4.78, 5) is 4.76. The van der Waals surface area contributed by atoms with Crippen molar-refractivity contribution >= 4 is 17.2 Å². The van der Waals surface area contributed by atoms with Crippen LogP contribution in [-0.4, -0.2) is 9.38 Å². The first-order valence-corrected chi connectivity index (χ1v) is 8.76. The largest absolute Gasteiger partial charge is 0.282 e. The van der Waals surface area contributed by atoms with E-state index in [0.717, 1.165) is 33.6 Å². The molecule has 27 heavy (non-hydrogen) atoms. The quantitative estimate of drug-likeness (QED) is 0.386. The molecule has 0 unspecified atom stereocenters. The van der Waals surface area contributed by atoms with E-state index >= 15 is 0 Å². The number of aromatic nitrogens is 2. The first kappa shape index (κ1) is 17.1. The molecule has 4 nitrogen and oxygen atoms in total. The monoisotopic (exact) mass is 358 g/mol. The smallest absolute Gasteiger partial charge is 0.187 e. The number of imidazole rings is 1. The third kappa shape index (κ3) is 3.12. The van der Waals surface area contributed by atoms with Crippen LogP contribution in [0.5, 0.6) is 0 Å². The number of benzene rings is 2. The molecule has 0 bridgehead atoms. The van der Waals surface area contributed by atoms with Crippen molar-refractivity contribution in [3.05, 3.63) is 83.3 Å². The Morgan fingerprint density at radius 1 is 0.815 bits per heavy atom. The standard InChI is InChI=1S/C22H19FN4/c1-14-6-4-7-15(2)19(14)25-26-22-20(17-9-11-18(23)12-10-17)24-21-16(3)8-5-13-27(21)22/h4-13H,1-3H3. The summed E-state index contributed by atoms with van der Waals surface area (Å²) in [5.41, 5.74) is 6.31. The average molecular weight is 358 g/mol. The van der Waals surface area contributed by atoms with Crippen molar-refractivity contribution in [2.75, 3.05) is 0 Å². The molecule has 0 saturated carbocycles. The number of azo groups is 1. The van der Waals surface area contributed by atoms with E-state index in [2.05, 4.69) is 10.2 Å². The molecular weight excluding hydrogens is 339 g/mol. The molecule has 0 fully saturated rings. The molecule has 5 heteroatoms. The zero-order valence-electron chi connectivity index (χ0n) is 15.4. The Morgan fingerprint density at radius 2 is 1.48 bits per heavy atom. The highest BCUT2D eigenvalue weighted by molar-refractivity contribution is 5.75. The van der Waals surface area contributed by atoms with Crippen molar-refractivity contribution in [2.24, 2.45) is 10.2 Å². The maximum Gasteiger partial charge on any atom is 0.187 e. The van der Waals surface area contributed by atoms with Crippen molar-refractivity contribution < 1.29 is 4.39 Å². The second-order valence-corrected chi connectivity index (χ2v) is 6.62. The van der Waals surface area contributed by atoms with Gasteiger partial charge < -0.3 is 0 Å². The van der Waals surface area contributed by atoms with Gasteiger partial charge in [-0.2, -0.15) is 0 Å². The maximum absolute atomic E-state index is 13.4. The highest BCUT2D eigenvalue weighted by Crippen LogP contribution is 2.34. The normalized spacial score (nSPS) is 11.6. The molecule has 0 aliphatic rings. The van der Waals surface area contributed by atoms with Crippen molar-refractivity contribution in [2.45, 2.75) is 20.8 Å². The molecule has 0 radical (unpaired) electrons. The highest BCUT2D eigenvalue weighted by atomic mass is 19.1. The van der Waals surface area contributed by atoms with E-state index in [0.29, 0.717) is 11.5 Å². The molecule has 0 N–H and O–H groups in total. The number of halogens is 1. The lowest BCUT2D eigenvalue weighted by atomic mass is 10.1. The summed E-state index contributed by atoms with van der Waals surface area (Å²) in [7, 11) is 0. The molecule has 0 atom stereocenters. The Hall–Kier alpha value is -3.34. The van der Waals surface area contributed by atoms with Crippen molar-refractivity contribution in [3.63, 3.8) is 0 Å². The van der Waals surface area contributed by atoms with Gasteiger partial charge in [-0.1, -0.05) is 24.3 Å². The summed E-state index contributed by atoms with van der Waals surface area (Å²) in [5, 5.41) is 9.08. The Kier molecular flexibility index (Phi) is 4.28. The van der Waals surface area contributed by atoms with Gasteiger partial charge in [0.25, 0.3) is 0 Å². The lowest BCUT2D eigenvalue weighted by Gasteiger charge is -2.04. The van der Waals surface area contributed by atoms with Crippen molar-refractivity contribution in [3.8, 4) is 11.3 Å². The highest BCUT2D eigenvalue weighted by Gasteiger charge is 2.15. The lowest BCUT2D eigenvalue weighted by molar-refractivity contribution is 0.628. The predicted octanol–water partition coefficient (Wildman–Crippen LogP) is 6.48. The van der Waals surface area contributed by atoms with Gasteiger partial charge in [0.1, 0.15) is 17.2 Å². The Bertz CT molecular complexity index is 1140. The molecule has 2 aromatic heterocycles. The van der Waals surface area contributed by atoms with Gasteiger partial charge in [0.05, 0.1) is 5.69 Å². The maximum atomic E-state index is 13.4. The topological polar surface area (TPSA) is 42.0 Å². The molecular formula is C22H19FN4. The van der Waals surface area contributed by atoms with Crippen LogP contribution in [0.25, 0.3) is 16.9 Å². The lowest BCUT2D eigenvalue weighted by Crippen LogP contribution is -1.86. The summed E-state index contributed by atoms with van der Waals surface area (Å²) in [6.07, 6.45) is 1.92. The minimum absolute atomic E-state index is 0.280. The van der Waals surface area contributed by atoms with Crippen LogP contribution in [0.4, 0.5) is 15.9 Å². The van der Waals surface area contributed by atoms with Crippen LogP contribution >= 0.6 is 0 Å². The van der Waals surface area contributed by atoms with Gasteiger partial charge in [-0.25, -0.2) is 9.37 Å². The minimum atomic E-state index is -0.280. The molecule has 4 rings (SSSR count). The van der Waals surface area contributed by atoms with Crippen LogP contribution in [0.3, 0.4) is 0 Å². The first-order chi connectivity index (χ1) is 13.0. The van der Waals surface area contributed by atoms with Gasteiger partial charge in [0.2, 0.25) is 0 Å². The molecule has 0 spiro atoms. The van der Waals surface area contributed by atoms with Gasteiger partial charge in [-0.3, -0.25) is 4.40 Å². The minimum Gasteiger partial charge on any atom is -0.282 e. The van der Waals surface area contributed by atoms with Crippen LogP contribution in [0.15, 0.2) is 71.0 Å². The number of hydrogen-bond acceptors (Lipinski definition) is 3. The van der Waals surface area contributed by atoms with Crippen molar-refractivity contribution in [1.82, 2.24) is 9.38 Å². The van der Waals surface area contributed by atoms with E-state index in [1.54, 1.807) is 12.1 Å². The van der Waals surface area contributed by atoms with Crippen molar-refractivity contribution in [1.29, 1.82) is 0 Å². The number of aryl methyl sites for hydroxylation is 3. The molecule has 4 aromatic rings. The zero-order chi connectivity index (χ0) is 19.0. The first-order valence-electron chi connectivity index (χ1n) is 8.76. The van der Waals surface area contributed by atoms with Gasteiger partial charge in [0.15, 0.2) is 5.82 Å². The van der Waals surface area contributed by atoms with Gasteiger partial charge in [0, 0.05) is 11.8 Å². The van der Waals surface area contributed by atoms with E-state index in [1.807, 2.05) is 61.7 Å². The van der Waals surface area contributed by atoms with E-state index in [1.165, 1.54) is 12.1 Å². The van der Waals surface area contributed by atoms with E-state index in [-0.39, 0.29) is 5.82 Å². The van der Waals surface area contributed by atoms with Gasteiger partial charge in [-0.05, 0) is 67.8 Å². The van der Waals surface area contributed by atoms with E-state index in [4.69, 9.17) is 4.98 Å². The number of hydrogen-bond donors (Lipinski definition) is 0. The number of fused-ring (bicyclic) bond motifs is 1. The fourth-order valence-corrected chi connectivity index (χ4v) is 3.15. The summed E-state index contributed by atoms with van der Waals surface area (Å²) in [6, 6.07) is 16.3. The summed E-state index contributed by atoms with van der Waals surface area (Å²) in [6.45, 7) is 6.03. The second kappa shape index (κ2) is 6.76. The average Bonchev–Trinajstić information content (AvgIpc) is 3.02. The van der Waals surface area contributed by atoms with Crippen LogP contribution in [-0.2, 0) is 0 Å². The number of rotatable bonds is 3. The Morgan fingerprint density at radius 3 is 2.19 bits per heavy atom. The summed E-state index contributed by atoms with van der Waals surface area (Å²) >= 11 is 0. The third-order valence-electron chi connectivity index (χ3n) is 4.62.